The van der Waals surface area contributed by atoms with Gasteiger partial charge in [0.05, 0.1) is 6.10 Å². The van der Waals surface area contributed by atoms with Crippen LogP contribution in [0.4, 0.5) is 0 Å². The highest BCUT2D eigenvalue weighted by atomic mass is 16.7. The van der Waals surface area contributed by atoms with E-state index in [2.05, 4.69) is 31.1 Å². The second-order valence-electron chi connectivity index (χ2n) is 4.59. The fourth-order valence-electron chi connectivity index (χ4n) is 2.77. The fourth-order valence-corrected chi connectivity index (χ4v) is 2.77. The van der Waals surface area contributed by atoms with E-state index in [1.54, 1.807) is 0 Å². The van der Waals surface area contributed by atoms with Crippen molar-refractivity contribution >= 4 is 0 Å². The first kappa shape index (κ1) is 9.43. The molecule has 0 saturated carbocycles. The lowest BCUT2D eigenvalue weighted by atomic mass is 9.82. The normalized spacial score (nSPS) is 39.3. The van der Waals surface area contributed by atoms with E-state index >= 15 is 0 Å². The van der Waals surface area contributed by atoms with Crippen LogP contribution < -0.4 is 0 Å². The number of hydrogen-bond donors (Lipinski definition) is 0. The molecule has 82 valence electrons. The predicted molar refractivity (Wildman–Crippen MR) is 57.2 cm³/mol. The van der Waals surface area contributed by atoms with E-state index < -0.39 is 0 Å². The lowest BCUT2D eigenvalue weighted by molar-refractivity contribution is 0.0420. The molecule has 2 heterocycles. The average molecular weight is 207 g/mol. The molecule has 0 N–H and O–H groups in total. The van der Waals surface area contributed by atoms with Gasteiger partial charge in [0.25, 0.3) is 0 Å². The summed E-state index contributed by atoms with van der Waals surface area (Å²) in [6.07, 6.45) is 7.09. The molecule has 3 rings (SSSR count). The van der Waals surface area contributed by atoms with Gasteiger partial charge in [-0.2, -0.15) is 0 Å². The number of rotatable bonds is 0. The monoisotopic (exact) mass is 207 g/mol. The van der Waals surface area contributed by atoms with Crippen molar-refractivity contribution in [3.05, 3.63) is 23.4 Å². The summed E-state index contributed by atoms with van der Waals surface area (Å²) in [6, 6.07) is 0.509. The Morgan fingerprint density at radius 3 is 3.13 bits per heavy atom. The zero-order chi connectivity index (χ0) is 10.4. The number of fused-ring (bicyclic) bond motifs is 2. The summed E-state index contributed by atoms with van der Waals surface area (Å²) in [7, 11) is 2.13. The lowest BCUT2D eigenvalue weighted by Gasteiger charge is -2.37. The van der Waals surface area contributed by atoms with Crippen molar-refractivity contribution in [3.63, 3.8) is 0 Å². The minimum absolute atomic E-state index is 0.196. The molecule has 0 bridgehead atoms. The standard InChI is InChI=1S/C12H17NO2/c1-8-9-3-4-11-12(15-7-14-11)10(9)5-6-13(8)2/h5-6,8,11-12H,3-4,7H2,1-2H3. The van der Waals surface area contributed by atoms with Gasteiger partial charge < -0.3 is 14.4 Å². The molecule has 3 heteroatoms. The van der Waals surface area contributed by atoms with E-state index in [9.17, 15) is 0 Å². The predicted octanol–water partition coefficient (Wildman–Crippen LogP) is 1.67. The van der Waals surface area contributed by atoms with Gasteiger partial charge in [-0.05, 0) is 43.2 Å². The number of likely N-dealkylation sites (N-methyl/N-ethyl adjacent to an activating group) is 1. The van der Waals surface area contributed by atoms with Crippen molar-refractivity contribution in [3.8, 4) is 0 Å². The molecule has 0 aromatic carbocycles. The molecule has 0 radical (unpaired) electrons. The van der Waals surface area contributed by atoms with Crippen molar-refractivity contribution < 1.29 is 9.47 Å². The third kappa shape index (κ3) is 1.34. The average Bonchev–Trinajstić information content (AvgIpc) is 2.71. The molecule has 0 spiro atoms. The largest absolute Gasteiger partial charge is 0.374 e. The van der Waals surface area contributed by atoms with Gasteiger partial charge >= 0.3 is 0 Å². The van der Waals surface area contributed by atoms with E-state index in [0.29, 0.717) is 18.9 Å². The Morgan fingerprint density at radius 2 is 2.27 bits per heavy atom. The lowest BCUT2D eigenvalue weighted by Crippen LogP contribution is -2.38. The van der Waals surface area contributed by atoms with Crippen molar-refractivity contribution in [1.29, 1.82) is 0 Å². The van der Waals surface area contributed by atoms with E-state index in [0.717, 1.165) is 12.8 Å². The van der Waals surface area contributed by atoms with Crippen LogP contribution in [0, 0.1) is 0 Å². The van der Waals surface area contributed by atoms with Gasteiger partial charge in [-0.3, -0.25) is 0 Å². The summed E-state index contributed by atoms with van der Waals surface area (Å²) in [4.78, 5) is 2.26. The molecule has 3 atom stereocenters. The molecule has 3 unspecified atom stereocenters. The molecule has 1 saturated heterocycles. The van der Waals surface area contributed by atoms with E-state index in [1.165, 1.54) is 11.1 Å². The second kappa shape index (κ2) is 3.35. The Morgan fingerprint density at radius 1 is 1.40 bits per heavy atom. The van der Waals surface area contributed by atoms with Crippen LogP contribution >= 0.6 is 0 Å². The molecule has 15 heavy (non-hydrogen) atoms. The van der Waals surface area contributed by atoms with E-state index in [4.69, 9.17) is 9.47 Å². The van der Waals surface area contributed by atoms with Crippen LogP contribution in [0.15, 0.2) is 23.4 Å². The minimum atomic E-state index is 0.196. The summed E-state index contributed by atoms with van der Waals surface area (Å²) < 4.78 is 11.2. The summed E-state index contributed by atoms with van der Waals surface area (Å²) in [5.41, 5.74) is 2.90. The molecule has 3 aliphatic rings. The highest BCUT2D eigenvalue weighted by Gasteiger charge is 2.38. The molecule has 2 aliphatic heterocycles. The van der Waals surface area contributed by atoms with E-state index in [-0.39, 0.29) is 6.10 Å². The van der Waals surface area contributed by atoms with Crippen LogP contribution in [-0.4, -0.2) is 37.0 Å². The van der Waals surface area contributed by atoms with Gasteiger partial charge in [0.2, 0.25) is 0 Å². The first-order chi connectivity index (χ1) is 7.27. The van der Waals surface area contributed by atoms with Crippen molar-refractivity contribution in [2.24, 2.45) is 0 Å². The first-order valence-corrected chi connectivity index (χ1v) is 5.63. The second-order valence-corrected chi connectivity index (χ2v) is 4.59. The SMILES string of the molecule is CC1C2=C(C=CN1C)C1OCOC1CC2. The third-order valence-electron chi connectivity index (χ3n) is 3.85. The van der Waals surface area contributed by atoms with Crippen molar-refractivity contribution in [2.75, 3.05) is 13.8 Å². The molecule has 3 nitrogen and oxygen atoms in total. The molecule has 0 aromatic heterocycles. The van der Waals surface area contributed by atoms with E-state index in [1.807, 2.05) is 0 Å². The Bertz CT molecular complexity index is 335. The van der Waals surface area contributed by atoms with Crippen LogP contribution in [0.5, 0.6) is 0 Å². The Kier molecular flexibility index (Phi) is 2.11. The first-order valence-electron chi connectivity index (χ1n) is 5.63. The minimum Gasteiger partial charge on any atom is -0.374 e. The smallest absolute Gasteiger partial charge is 0.148 e. The molecular formula is C12H17NO2. The number of nitrogens with zero attached hydrogens (tertiary/aromatic N) is 1. The van der Waals surface area contributed by atoms with Gasteiger partial charge in [-0.1, -0.05) is 0 Å². The summed E-state index contributed by atoms with van der Waals surface area (Å²) in [5, 5.41) is 0. The number of hydrogen-bond acceptors (Lipinski definition) is 3. The number of ether oxygens (including phenoxy) is 2. The molecular weight excluding hydrogens is 190 g/mol. The summed E-state index contributed by atoms with van der Waals surface area (Å²) >= 11 is 0. The highest BCUT2D eigenvalue weighted by molar-refractivity contribution is 5.39. The Balaban J connectivity index is 1.97. The molecule has 0 aromatic rings. The topological polar surface area (TPSA) is 21.7 Å². The molecule has 0 amide bonds. The third-order valence-corrected chi connectivity index (χ3v) is 3.85. The highest BCUT2D eigenvalue weighted by Crippen LogP contribution is 2.37. The maximum Gasteiger partial charge on any atom is 0.148 e. The van der Waals surface area contributed by atoms with Gasteiger partial charge in [0, 0.05) is 13.1 Å². The summed E-state index contributed by atoms with van der Waals surface area (Å²) in [6.45, 7) is 2.72. The summed E-state index contributed by atoms with van der Waals surface area (Å²) in [5.74, 6) is 0. The van der Waals surface area contributed by atoms with Gasteiger partial charge in [-0.25, -0.2) is 0 Å². The maximum atomic E-state index is 5.66. The molecule has 1 fully saturated rings. The fraction of sp³-hybridized carbons (Fsp3) is 0.667. The van der Waals surface area contributed by atoms with Crippen LogP contribution in [0.2, 0.25) is 0 Å². The quantitative estimate of drug-likeness (QED) is 0.603. The zero-order valence-corrected chi connectivity index (χ0v) is 9.27. The maximum absolute atomic E-state index is 5.66. The zero-order valence-electron chi connectivity index (χ0n) is 9.27. The van der Waals surface area contributed by atoms with Crippen LogP contribution in [-0.2, 0) is 9.47 Å². The van der Waals surface area contributed by atoms with Gasteiger partial charge in [-0.15, -0.1) is 0 Å². The van der Waals surface area contributed by atoms with Gasteiger partial charge in [0.1, 0.15) is 12.9 Å². The van der Waals surface area contributed by atoms with Crippen molar-refractivity contribution in [2.45, 2.75) is 38.0 Å². The van der Waals surface area contributed by atoms with Crippen LogP contribution in [0.3, 0.4) is 0 Å². The Hall–Kier alpha value is -0.800. The Labute approximate surface area is 90.3 Å². The van der Waals surface area contributed by atoms with Crippen molar-refractivity contribution in [1.82, 2.24) is 4.90 Å². The van der Waals surface area contributed by atoms with Crippen LogP contribution in [0.1, 0.15) is 19.8 Å². The van der Waals surface area contributed by atoms with Gasteiger partial charge in [0.15, 0.2) is 0 Å². The molecule has 1 aliphatic carbocycles. The van der Waals surface area contributed by atoms with Crippen LogP contribution in [0.25, 0.3) is 0 Å².